The summed E-state index contributed by atoms with van der Waals surface area (Å²) in [5.74, 6) is 2.79. The van der Waals surface area contributed by atoms with Crippen LogP contribution in [0.2, 0.25) is 0 Å². The molecular weight excluding hydrogens is 104 g/mol. The SMILES string of the molecule is N=C=C1CNCCO1. The smallest absolute Gasteiger partial charge is 0.170 e. The summed E-state index contributed by atoms with van der Waals surface area (Å²) in [4.78, 5) is 0. The highest BCUT2D eigenvalue weighted by molar-refractivity contribution is 5.52. The zero-order chi connectivity index (χ0) is 5.82. The van der Waals surface area contributed by atoms with Gasteiger partial charge in [-0.05, 0) is 0 Å². The van der Waals surface area contributed by atoms with Crippen LogP contribution in [0.15, 0.2) is 5.76 Å². The molecule has 0 aromatic heterocycles. The summed E-state index contributed by atoms with van der Waals surface area (Å²) in [5, 5.41) is 9.69. The Kier molecular flexibility index (Phi) is 1.67. The third-order valence-electron chi connectivity index (χ3n) is 0.980. The van der Waals surface area contributed by atoms with Crippen LogP contribution in [0.5, 0.6) is 0 Å². The van der Waals surface area contributed by atoms with E-state index in [1.165, 1.54) is 0 Å². The maximum Gasteiger partial charge on any atom is 0.170 e. The van der Waals surface area contributed by atoms with Gasteiger partial charge >= 0.3 is 0 Å². The van der Waals surface area contributed by atoms with Gasteiger partial charge in [0.25, 0.3) is 0 Å². The van der Waals surface area contributed by atoms with Gasteiger partial charge in [0.05, 0.1) is 6.54 Å². The molecule has 1 aliphatic rings. The van der Waals surface area contributed by atoms with Crippen LogP contribution >= 0.6 is 0 Å². The average molecular weight is 112 g/mol. The minimum absolute atomic E-state index is 0.608. The summed E-state index contributed by atoms with van der Waals surface area (Å²) < 4.78 is 4.98. The van der Waals surface area contributed by atoms with Crippen molar-refractivity contribution in [1.82, 2.24) is 5.32 Å². The molecule has 0 aliphatic carbocycles. The van der Waals surface area contributed by atoms with Crippen LogP contribution in [-0.2, 0) is 4.74 Å². The van der Waals surface area contributed by atoms with Gasteiger partial charge in [0, 0.05) is 12.4 Å². The highest BCUT2D eigenvalue weighted by atomic mass is 16.5. The van der Waals surface area contributed by atoms with Gasteiger partial charge in [0.2, 0.25) is 0 Å². The molecule has 8 heavy (non-hydrogen) atoms. The molecule has 0 amide bonds. The number of morpholine rings is 1. The van der Waals surface area contributed by atoms with Crippen molar-refractivity contribution in [3.05, 3.63) is 5.76 Å². The summed E-state index contributed by atoms with van der Waals surface area (Å²) in [7, 11) is 0. The van der Waals surface area contributed by atoms with Gasteiger partial charge in [0.1, 0.15) is 6.61 Å². The summed E-state index contributed by atoms with van der Waals surface area (Å²) in [6, 6.07) is 0. The van der Waals surface area contributed by atoms with Gasteiger partial charge in [-0.3, -0.25) is 5.41 Å². The Morgan fingerprint density at radius 3 is 3.00 bits per heavy atom. The Balaban J connectivity index is 2.45. The standard InChI is InChI=1S/C5H8N2O/c6-3-5-4-7-1-2-8-5/h6-7H,1-2,4H2. The molecule has 1 heterocycles. The van der Waals surface area contributed by atoms with Crippen LogP contribution in [0.25, 0.3) is 0 Å². The van der Waals surface area contributed by atoms with Crippen molar-refractivity contribution >= 4 is 5.87 Å². The largest absolute Gasteiger partial charge is 0.486 e. The quantitative estimate of drug-likeness (QED) is 0.424. The summed E-state index contributed by atoms with van der Waals surface area (Å²) in [6.07, 6.45) is 0. The van der Waals surface area contributed by atoms with E-state index in [0.29, 0.717) is 18.9 Å². The first-order valence-electron chi connectivity index (χ1n) is 2.55. The Bertz CT molecular complexity index is 118. The van der Waals surface area contributed by atoms with E-state index in [0.717, 1.165) is 6.54 Å². The summed E-state index contributed by atoms with van der Waals surface area (Å²) in [5.41, 5.74) is 0. The highest BCUT2D eigenvalue weighted by Crippen LogP contribution is 1.92. The van der Waals surface area contributed by atoms with Crippen molar-refractivity contribution in [3.8, 4) is 0 Å². The lowest BCUT2D eigenvalue weighted by atomic mass is 10.4. The van der Waals surface area contributed by atoms with Gasteiger partial charge in [-0.1, -0.05) is 0 Å². The molecule has 0 aromatic rings. The first-order valence-corrected chi connectivity index (χ1v) is 2.55. The third kappa shape index (κ3) is 1.09. The Morgan fingerprint density at radius 2 is 2.62 bits per heavy atom. The molecular formula is C5H8N2O. The van der Waals surface area contributed by atoms with Gasteiger partial charge in [-0.2, -0.15) is 0 Å². The number of hydrogen-bond donors (Lipinski definition) is 2. The molecule has 3 heteroatoms. The first-order chi connectivity index (χ1) is 3.93. The van der Waals surface area contributed by atoms with E-state index in [1.54, 1.807) is 0 Å². The second-order valence-electron chi connectivity index (χ2n) is 1.57. The molecule has 3 nitrogen and oxygen atoms in total. The van der Waals surface area contributed by atoms with Crippen LogP contribution in [-0.4, -0.2) is 25.6 Å². The predicted molar refractivity (Wildman–Crippen MR) is 30.1 cm³/mol. The number of hydrogen-bond acceptors (Lipinski definition) is 3. The van der Waals surface area contributed by atoms with E-state index in [1.807, 2.05) is 0 Å². The van der Waals surface area contributed by atoms with Crippen LogP contribution in [0.4, 0.5) is 0 Å². The highest BCUT2D eigenvalue weighted by Gasteiger charge is 2.02. The second kappa shape index (κ2) is 2.50. The zero-order valence-corrected chi connectivity index (χ0v) is 4.53. The molecule has 0 bridgehead atoms. The Hall–Kier alpha value is -0.790. The van der Waals surface area contributed by atoms with Crippen molar-refractivity contribution in [2.45, 2.75) is 0 Å². The molecule has 0 unspecified atom stereocenters. The molecule has 2 N–H and O–H groups in total. The molecule has 1 fully saturated rings. The van der Waals surface area contributed by atoms with E-state index in [9.17, 15) is 0 Å². The van der Waals surface area contributed by atoms with Gasteiger partial charge in [0.15, 0.2) is 5.76 Å². The molecule has 1 saturated heterocycles. The van der Waals surface area contributed by atoms with Crippen molar-refractivity contribution in [2.75, 3.05) is 19.7 Å². The molecule has 0 saturated carbocycles. The van der Waals surface area contributed by atoms with Gasteiger partial charge < -0.3 is 10.1 Å². The number of nitrogens with one attached hydrogen (secondary N) is 2. The third-order valence-corrected chi connectivity index (χ3v) is 0.980. The fraction of sp³-hybridized carbons (Fsp3) is 0.600. The lowest BCUT2D eigenvalue weighted by molar-refractivity contribution is 0.183. The molecule has 1 aliphatic heterocycles. The van der Waals surface area contributed by atoms with Crippen LogP contribution in [0.3, 0.4) is 0 Å². The van der Waals surface area contributed by atoms with E-state index in [2.05, 4.69) is 11.2 Å². The second-order valence-corrected chi connectivity index (χ2v) is 1.57. The van der Waals surface area contributed by atoms with Crippen molar-refractivity contribution in [3.63, 3.8) is 0 Å². The Labute approximate surface area is 47.9 Å². The minimum Gasteiger partial charge on any atom is -0.486 e. The Morgan fingerprint density at radius 1 is 1.75 bits per heavy atom. The van der Waals surface area contributed by atoms with Crippen LogP contribution < -0.4 is 5.32 Å². The van der Waals surface area contributed by atoms with E-state index in [4.69, 9.17) is 10.1 Å². The molecule has 1 rings (SSSR count). The van der Waals surface area contributed by atoms with Crippen molar-refractivity contribution in [2.24, 2.45) is 0 Å². The zero-order valence-electron chi connectivity index (χ0n) is 4.53. The number of rotatable bonds is 0. The van der Waals surface area contributed by atoms with E-state index >= 15 is 0 Å². The van der Waals surface area contributed by atoms with Gasteiger partial charge in [-0.15, -0.1) is 0 Å². The lowest BCUT2D eigenvalue weighted by Crippen LogP contribution is -2.29. The summed E-state index contributed by atoms with van der Waals surface area (Å²) in [6.45, 7) is 2.20. The maximum absolute atomic E-state index is 6.65. The molecule has 44 valence electrons. The summed E-state index contributed by atoms with van der Waals surface area (Å²) >= 11 is 0. The van der Waals surface area contributed by atoms with E-state index in [-0.39, 0.29) is 0 Å². The fourth-order valence-corrected chi connectivity index (χ4v) is 0.580. The van der Waals surface area contributed by atoms with Crippen molar-refractivity contribution < 1.29 is 4.74 Å². The lowest BCUT2D eigenvalue weighted by Gasteiger charge is -2.13. The predicted octanol–water partition coefficient (Wildman–Crippen LogP) is -0.261. The monoisotopic (exact) mass is 112 g/mol. The molecule has 0 aromatic carbocycles. The fourth-order valence-electron chi connectivity index (χ4n) is 0.580. The minimum atomic E-state index is 0.608. The topological polar surface area (TPSA) is 45.1 Å². The van der Waals surface area contributed by atoms with Crippen LogP contribution in [0, 0.1) is 5.41 Å². The number of ether oxygens (including phenoxy) is 1. The molecule has 0 spiro atoms. The van der Waals surface area contributed by atoms with E-state index < -0.39 is 0 Å². The normalized spacial score (nSPS) is 19.2. The molecule has 0 atom stereocenters. The maximum atomic E-state index is 6.65. The average Bonchev–Trinajstić information content (AvgIpc) is 1.90. The van der Waals surface area contributed by atoms with Crippen LogP contribution in [0.1, 0.15) is 0 Å². The first kappa shape index (κ1) is 5.35. The van der Waals surface area contributed by atoms with Crippen molar-refractivity contribution in [1.29, 1.82) is 5.41 Å². The van der Waals surface area contributed by atoms with Gasteiger partial charge in [-0.25, -0.2) is 0 Å². The molecule has 0 radical (unpaired) electrons.